The first-order chi connectivity index (χ1) is 8.47. The van der Waals surface area contributed by atoms with Gasteiger partial charge in [0.25, 0.3) is 0 Å². The van der Waals surface area contributed by atoms with Gasteiger partial charge in [-0.05, 0) is 42.7 Å². The number of nitrogens with one attached hydrogen (secondary N) is 1. The molecule has 0 radical (unpaired) electrons. The number of rotatable bonds is 2. The molecule has 0 bridgehead atoms. The normalized spacial score (nSPS) is 10.9. The molecule has 0 fully saturated rings. The van der Waals surface area contributed by atoms with Crippen LogP contribution in [0.1, 0.15) is 36.7 Å². The van der Waals surface area contributed by atoms with Crippen molar-refractivity contribution < 1.29 is 0 Å². The van der Waals surface area contributed by atoms with Crippen LogP contribution in [0.4, 0.5) is 0 Å². The molecule has 0 aliphatic carbocycles. The Kier molecular flexibility index (Phi) is 3.62. The molecule has 1 aromatic carbocycles. The van der Waals surface area contributed by atoms with Crippen molar-refractivity contribution in [1.29, 1.82) is 0 Å². The highest BCUT2D eigenvalue weighted by molar-refractivity contribution is 7.71. The highest BCUT2D eigenvalue weighted by atomic mass is 32.1. The third-order valence-electron chi connectivity index (χ3n) is 3.13. The Morgan fingerprint density at radius 3 is 2.44 bits per heavy atom. The van der Waals surface area contributed by atoms with Gasteiger partial charge in [0.15, 0.2) is 0 Å². The summed E-state index contributed by atoms with van der Waals surface area (Å²) in [4.78, 5) is 7.73. The maximum Gasteiger partial charge on any atom is 0.130 e. The predicted molar refractivity (Wildman–Crippen MR) is 78.4 cm³/mol. The first-order valence-electron chi connectivity index (χ1n) is 6.16. The van der Waals surface area contributed by atoms with Gasteiger partial charge in [-0.1, -0.05) is 38.2 Å². The van der Waals surface area contributed by atoms with Gasteiger partial charge in [0.2, 0.25) is 0 Å². The molecular weight excluding hydrogens is 240 g/mol. The first-order valence-corrected chi connectivity index (χ1v) is 6.57. The van der Waals surface area contributed by atoms with E-state index in [2.05, 4.69) is 55.9 Å². The SMILES string of the molecule is Cc1ccc(-c2cc(=S)nc(C(C)C)[nH]2)cc1C. The first kappa shape index (κ1) is 13.0. The molecule has 0 atom stereocenters. The van der Waals surface area contributed by atoms with Crippen LogP contribution >= 0.6 is 12.2 Å². The molecule has 0 unspecified atom stereocenters. The third-order valence-corrected chi connectivity index (χ3v) is 3.34. The van der Waals surface area contributed by atoms with Crippen molar-refractivity contribution in [3.8, 4) is 11.3 Å². The Morgan fingerprint density at radius 2 is 1.83 bits per heavy atom. The number of aromatic amines is 1. The Hall–Kier alpha value is -1.48. The molecule has 2 rings (SSSR count). The maximum atomic E-state index is 5.23. The number of aryl methyl sites for hydroxylation is 2. The zero-order valence-corrected chi connectivity index (χ0v) is 12.1. The standard InChI is InChI=1S/C15H18N2S/c1-9(2)15-16-13(8-14(18)17-15)12-6-5-10(3)11(4)7-12/h5-9H,1-4H3,(H,16,17,18). The van der Waals surface area contributed by atoms with Gasteiger partial charge >= 0.3 is 0 Å². The number of hydrogen-bond donors (Lipinski definition) is 1. The summed E-state index contributed by atoms with van der Waals surface area (Å²) in [5.74, 6) is 1.29. The largest absolute Gasteiger partial charge is 0.343 e. The summed E-state index contributed by atoms with van der Waals surface area (Å²) < 4.78 is 0.644. The van der Waals surface area contributed by atoms with Gasteiger partial charge in [0, 0.05) is 11.6 Å². The van der Waals surface area contributed by atoms with E-state index in [-0.39, 0.29) is 0 Å². The number of nitrogens with zero attached hydrogens (tertiary/aromatic N) is 1. The fourth-order valence-electron chi connectivity index (χ4n) is 1.81. The molecule has 94 valence electrons. The van der Waals surface area contributed by atoms with Gasteiger partial charge in [-0.15, -0.1) is 0 Å². The average Bonchev–Trinajstić information content (AvgIpc) is 2.31. The second-order valence-electron chi connectivity index (χ2n) is 4.97. The second kappa shape index (κ2) is 5.02. The Labute approximate surface area is 113 Å². The summed E-state index contributed by atoms with van der Waals surface area (Å²) in [6, 6.07) is 8.36. The lowest BCUT2D eigenvalue weighted by Gasteiger charge is -2.10. The molecule has 2 nitrogen and oxygen atoms in total. The lowest BCUT2D eigenvalue weighted by atomic mass is 10.0. The zero-order valence-electron chi connectivity index (χ0n) is 11.2. The van der Waals surface area contributed by atoms with Crippen molar-refractivity contribution in [2.24, 2.45) is 0 Å². The highest BCUT2D eigenvalue weighted by Gasteiger charge is 2.06. The monoisotopic (exact) mass is 258 g/mol. The minimum absolute atomic E-state index is 0.346. The predicted octanol–water partition coefficient (Wildman–Crippen LogP) is 4.55. The summed E-state index contributed by atoms with van der Waals surface area (Å²) in [7, 11) is 0. The van der Waals surface area contributed by atoms with Gasteiger partial charge < -0.3 is 4.98 Å². The van der Waals surface area contributed by atoms with E-state index in [0.717, 1.165) is 17.1 Å². The molecule has 1 heterocycles. The van der Waals surface area contributed by atoms with E-state index in [4.69, 9.17) is 12.2 Å². The summed E-state index contributed by atoms with van der Waals surface area (Å²) in [6.07, 6.45) is 0. The lowest BCUT2D eigenvalue weighted by Crippen LogP contribution is -1.99. The molecule has 0 saturated carbocycles. The lowest BCUT2D eigenvalue weighted by molar-refractivity contribution is 0.773. The molecule has 1 N–H and O–H groups in total. The van der Waals surface area contributed by atoms with Crippen LogP contribution in [-0.2, 0) is 0 Å². The third kappa shape index (κ3) is 2.67. The highest BCUT2D eigenvalue weighted by Crippen LogP contribution is 2.22. The quantitative estimate of drug-likeness (QED) is 0.801. The molecule has 0 aliphatic rings. The van der Waals surface area contributed by atoms with Gasteiger partial charge in [0.05, 0.1) is 0 Å². The Balaban J connectivity index is 2.56. The van der Waals surface area contributed by atoms with E-state index in [1.807, 2.05) is 6.07 Å². The molecule has 2 aromatic rings. The van der Waals surface area contributed by atoms with Gasteiger partial charge in [0.1, 0.15) is 10.5 Å². The van der Waals surface area contributed by atoms with E-state index >= 15 is 0 Å². The molecule has 3 heteroatoms. The van der Waals surface area contributed by atoms with E-state index < -0.39 is 0 Å². The van der Waals surface area contributed by atoms with Crippen molar-refractivity contribution >= 4 is 12.2 Å². The average molecular weight is 258 g/mol. The fraction of sp³-hybridized carbons (Fsp3) is 0.333. The van der Waals surface area contributed by atoms with Crippen LogP contribution in [0.5, 0.6) is 0 Å². The van der Waals surface area contributed by atoms with Crippen LogP contribution in [0, 0.1) is 18.5 Å². The number of hydrogen-bond acceptors (Lipinski definition) is 2. The van der Waals surface area contributed by atoms with E-state index in [1.54, 1.807) is 0 Å². The van der Waals surface area contributed by atoms with Gasteiger partial charge in [-0.3, -0.25) is 0 Å². The van der Waals surface area contributed by atoms with Crippen LogP contribution in [0.15, 0.2) is 24.3 Å². The Bertz CT molecular complexity index is 627. The van der Waals surface area contributed by atoms with Crippen molar-refractivity contribution in [1.82, 2.24) is 9.97 Å². The molecular formula is C15H18N2S. The summed E-state index contributed by atoms with van der Waals surface area (Å²) in [5, 5.41) is 0. The van der Waals surface area contributed by atoms with Gasteiger partial charge in [-0.25, -0.2) is 4.98 Å². The molecule has 0 saturated heterocycles. The molecule has 0 aliphatic heterocycles. The summed E-state index contributed by atoms with van der Waals surface area (Å²) in [6.45, 7) is 8.46. The van der Waals surface area contributed by atoms with E-state index in [0.29, 0.717) is 10.6 Å². The van der Waals surface area contributed by atoms with Crippen molar-refractivity contribution in [3.05, 3.63) is 45.9 Å². The second-order valence-corrected chi connectivity index (χ2v) is 5.39. The number of benzene rings is 1. The van der Waals surface area contributed by atoms with E-state index in [1.165, 1.54) is 11.1 Å². The number of H-pyrrole nitrogens is 1. The topological polar surface area (TPSA) is 28.7 Å². The summed E-state index contributed by atoms with van der Waals surface area (Å²) in [5.41, 5.74) is 4.79. The Morgan fingerprint density at radius 1 is 1.11 bits per heavy atom. The molecule has 18 heavy (non-hydrogen) atoms. The number of aromatic nitrogens is 2. The fourth-order valence-corrected chi connectivity index (χ4v) is 2.03. The van der Waals surface area contributed by atoms with Crippen LogP contribution in [-0.4, -0.2) is 9.97 Å². The smallest absolute Gasteiger partial charge is 0.130 e. The van der Waals surface area contributed by atoms with Crippen molar-refractivity contribution in [2.75, 3.05) is 0 Å². The van der Waals surface area contributed by atoms with Gasteiger partial charge in [-0.2, -0.15) is 0 Å². The molecule has 0 amide bonds. The minimum atomic E-state index is 0.346. The van der Waals surface area contributed by atoms with E-state index in [9.17, 15) is 0 Å². The van der Waals surface area contributed by atoms with Crippen molar-refractivity contribution in [2.45, 2.75) is 33.6 Å². The van der Waals surface area contributed by atoms with Crippen LogP contribution in [0.2, 0.25) is 0 Å². The summed E-state index contributed by atoms with van der Waals surface area (Å²) >= 11 is 5.23. The van der Waals surface area contributed by atoms with Crippen LogP contribution < -0.4 is 0 Å². The zero-order chi connectivity index (χ0) is 13.3. The molecule has 1 aromatic heterocycles. The van der Waals surface area contributed by atoms with Crippen LogP contribution in [0.25, 0.3) is 11.3 Å². The van der Waals surface area contributed by atoms with Crippen LogP contribution in [0.3, 0.4) is 0 Å². The minimum Gasteiger partial charge on any atom is -0.343 e. The maximum absolute atomic E-state index is 5.23. The molecule has 0 spiro atoms. The van der Waals surface area contributed by atoms with Crippen molar-refractivity contribution in [3.63, 3.8) is 0 Å².